The van der Waals surface area contributed by atoms with Crippen molar-refractivity contribution in [1.29, 1.82) is 0 Å². The van der Waals surface area contributed by atoms with Gasteiger partial charge in [0.2, 0.25) is 0 Å². The fourth-order valence-corrected chi connectivity index (χ4v) is 3.75. The van der Waals surface area contributed by atoms with Gasteiger partial charge in [0.25, 0.3) is 0 Å². The second kappa shape index (κ2) is 7.84. The predicted molar refractivity (Wildman–Crippen MR) is 103 cm³/mol. The SMILES string of the molecule is CCc1nccc(CN2CCC[C@H](c3n[nH]c(=O)n3-c3ccccc3)C2)n1. The molecule has 2 aromatic heterocycles. The van der Waals surface area contributed by atoms with E-state index in [2.05, 4.69) is 32.0 Å². The summed E-state index contributed by atoms with van der Waals surface area (Å²) in [5.41, 5.74) is 1.72. The molecule has 0 bridgehead atoms. The fraction of sp³-hybridized carbons (Fsp3) is 0.400. The van der Waals surface area contributed by atoms with E-state index in [0.717, 1.165) is 61.9 Å². The van der Waals surface area contributed by atoms with Crippen LogP contribution in [0.1, 0.15) is 43.0 Å². The quantitative estimate of drug-likeness (QED) is 0.751. The maximum atomic E-state index is 12.3. The Bertz CT molecular complexity index is 948. The van der Waals surface area contributed by atoms with Gasteiger partial charge in [-0.15, -0.1) is 0 Å². The topological polar surface area (TPSA) is 79.7 Å². The van der Waals surface area contributed by atoms with Crippen LogP contribution in [-0.2, 0) is 13.0 Å². The molecular weight excluding hydrogens is 340 g/mol. The van der Waals surface area contributed by atoms with Gasteiger partial charge in [-0.1, -0.05) is 25.1 Å². The second-order valence-electron chi connectivity index (χ2n) is 6.95. The molecule has 3 heterocycles. The second-order valence-corrected chi connectivity index (χ2v) is 6.95. The third-order valence-electron chi connectivity index (χ3n) is 5.05. The van der Waals surface area contributed by atoms with Gasteiger partial charge in [-0.3, -0.25) is 4.90 Å². The van der Waals surface area contributed by atoms with E-state index in [1.54, 1.807) is 4.57 Å². The molecule has 0 unspecified atom stereocenters. The lowest BCUT2D eigenvalue weighted by atomic mass is 9.97. The van der Waals surface area contributed by atoms with E-state index in [0.29, 0.717) is 0 Å². The molecule has 0 spiro atoms. The van der Waals surface area contributed by atoms with E-state index in [1.165, 1.54) is 0 Å². The molecular formula is C20H24N6O. The van der Waals surface area contributed by atoms with Crippen LogP contribution in [0.15, 0.2) is 47.4 Å². The van der Waals surface area contributed by atoms with Gasteiger partial charge in [-0.05, 0) is 37.6 Å². The summed E-state index contributed by atoms with van der Waals surface area (Å²) in [5, 5.41) is 6.99. The van der Waals surface area contributed by atoms with Crippen LogP contribution in [-0.4, -0.2) is 42.7 Å². The minimum absolute atomic E-state index is 0.184. The van der Waals surface area contributed by atoms with E-state index >= 15 is 0 Å². The van der Waals surface area contributed by atoms with Gasteiger partial charge in [-0.2, -0.15) is 5.10 Å². The summed E-state index contributed by atoms with van der Waals surface area (Å²) in [6.07, 6.45) is 4.78. The monoisotopic (exact) mass is 364 g/mol. The van der Waals surface area contributed by atoms with Gasteiger partial charge in [0.05, 0.1) is 11.4 Å². The third kappa shape index (κ3) is 3.83. The molecule has 0 aliphatic carbocycles. The number of H-pyrrole nitrogens is 1. The first kappa shape index (κ1) is 17.6. The Morgan fingerprint density at radius 3 is 2.89 bits per heavy atom. The van der Waals surface area contributed by atoms with Crippen molar-refractivity contribution in [3.05, 3.63) is 70.4 Å². The first-order valence-electron chi connectivity index (χ1n) is 9.50. The van der Waals surface area contributed by atoms with Crippen molar-refractivity contribution in [3.63, 3.8) is 0 Å². The molecule has 27 heavy (non-hydrogen) atoms. The maximum Gasteiger partial charge on any atom is 0.347 e. The maximum absolute atomic E-state index is 12.3. The highest BCUT2D eigenvalue weighted by atomic mass is 16.1. The van der Waals surface area contributed by atoms with Crippen LogP contribution >= 0.6 is 0 Å². The molecule has 1 N–H and O–H groups in total. The minimum Gasteiger partial charge on any atom is -0.297 e. The Kier molecular flexibility index (Phi) is 5.11. The number of aromatic amines is 1. The molecule has 1 saturated heterocycles. The molecule has 0 saturated carbocycles. The Labute approximate surface area is 158 Å². The number of aryl methyl sites for hydroxylation is 1. The lowest BCUT2D eigenvalue weighted by molar-refractivity contribution is 0.193. The van der Waals surface area contributed by atoms with Crippen LogP contribution in [0.5, 0.6) is 0 Å². The zero-order chi connectivity index (χ0) is 18.6. The lowest BCUT2D eigenvalue weighted by Gasteiger charge is -2.32. The Balaban J connectivity index is 1.55. The molecule has 1 fully saturated rings. The number of likely N-dealkylation sites (tertiary alicyclic amines) is 1. The molecule has 1 aromatic carbocycles. The van der Waals surface area contributed by atoms with E-state index in [9.17, 15) is 4.79 Å². The summed E-state index contributed by atoms with van der Waals surface area (Å²) in [7, 11) is 0. The highest BCUT2D eigenvalue weighted by molar-refractivity contribution is 5.32. The van der Waals surface area contributed by atoms with Gasteiger partial charge in [-0.25, -0.2) is 24.4 Å². The smallest absolute Gasteiger partial charge is 0.297 e. The number of rotatable bonds is 5. The Hall–Kier alpha value is -2.80. The normalized spacial score (nSPS) is 17.9. The lowest BCUT2D eigenvalue weighted by Crippen LogP contribution is -2.35. The minimum atomic E-state index is -0.184. The number of hydrogen-bond donors (Lipinski definition) is 1. The van der Waals surface area contributed by atoms with Crippen molar-refractivity contribution in [2.75, 3.05) is 13.1 Å². The summed E-state index contributed by atoms with van der Waals surface area (Å²) in [5.74, 6) is 1.91. The van der Waals surface area contributed by atoms with Crippen molar-refractivity contribution in [1.82, 2.24) is 29.6 Å². The summed E-state index contributed by atoms with van der Waals surface area (Å²) in [4.78, 5) is 23.6. The van der Waals surface area contributed by atoms with Crippen LogP contribution in [0, 0.1) is 0 Å². The first-order chi connectivity index (χ1) is 13.2. The molecule has 140 valence electrons. The molecule has 0 amide bonds. The molecule has 1 aliphatic heterocycles. The standard InChI is InChI=1S/C20H24N6O/c1-2-18-21-11-10-16(22-18)14-25-12-6-7-15(13-25)19-23-24-20(27)26(19)17-8-4-3-5-9-17/h3-5,8-11,15H,2,6-7,12-14H2,1H3,(H,24,27)/t15-/m0/s1. The zero-order valence-electron chi connectivity index (χ0n) is 15.5. The molecule has 3 aromatic rings. The zero-order valence-corrected chi connectivity index (χ0v) is 15.5. The number of nitrogens with one attached hydrogen (secondary N) is 1. The van der Waals surface area contributed by atoms with Crippen LogP contribution in [0.2, 0.25) is 0 Å². The molecule has 7 nitrogen and oxygen atoms in total. The average Bonchev–Trinajstić information content (AvgIpc) is 3.10. The number of hydrogen-bond acceptors (Lipinski definition) is 5. The van der Waals surface area contributed by atoms with Crippen molar-refractivity contribution in [2.45, 2.75) is 38.6 Å². The van der Waals surface area contributed by atoms with Crippen LogP contribution < -0.4 is 5.69 Å². The molecule has 1 atom stereocenters. The largest absolute Gasteiger partial charge is 0.347 e. The van der Waals surface area contributed by atoms with E-state index in [4.69, 9.17) is 0 Å². The fourth-order valence-electron chi connectivity index (χ4n) is 3.75. The molecule has 4 rings (SSSR count). The third-order valence-corrected chi connectivity index (χ3v) is 5.05. The first-order valence-corrected chi connectivity index (χ1v) is 9.50. The van der Waals surface area contributed by atoms with Crippen LogP contribution in [0.3, 0.4) is 0 Å². The predicted octanol–water partition coefficient (Wildman–Crippen LogP) is 2.29. The summed E-state index contributed by atoms with van der Waals surface area (Å²) in [6, 6.07) is 11.7. The highest BCUT2D eigenvalue weighted by Gasteiger charge is 2.27. The average molecular weight is 364 g/mol. The van der Waals surface area contributed by atoms with Gasteiger partial charge in [0, 0.05) is 31.6 Å². The van der Waals surface area contributed by atoms with Crippen LogP contribution in [0.4, 0.5) is 0 Å². The van der Waals surface area contributed by atoms with Crippen molar-refractivity contribution in [2.24, 2.45) is 0 Å². The molecule has 1 aliphatic rings. The van der Waals surface area contributed by atoms with Gasteiger partial charge in [0.15, 0.2) is 0 Å². The number of para-hydroxylation sites is 1. The van der Waals surface area contributed by atoms with Crippen molar-refractivity contribution >= 4 is 0 Å². The van der Waals surface area contributed by atoms with E-state index < -0.39 is 0 Å². The Morgan fingerprint density at radius 1 is 1.22 bits per heavy atom. The summed E-state index contributed by atoms with van der Waals surface area (Å²) in [6.45, 7) is 4.76. The summed E-state index contributed by atoms with van der Waals surface area (Å²) >= 11 is 0. The summed E-state index contributed by atoms with van der Waals surface area (Å²) < 4.78 is 1.70. The Morgan fingerprint density at radius 2 is 2.07 bits per heavy atom. The van der Waals surface area contributed by atoms with E-state index in [-0.39, 0.29) is 11.6 Å². The number of nitrogens with zero attached hydrogens (tertiary/aromatic N) is 5. The molecule has 0 radical (unpaired) electrons. The van der Waals surface area contributed by atoms with Gasteiger partial charge >= 0.3 is 5.69 Å². The van der Waals surface area contributed by atoms with Gasteiger partial charge in [0.1, 0.15) is 11.6 Å². The number of aromatic nitrogens is 5. The number of benzene rings is 1. The van der Waals surface area contributed by atoms with Gasteiger partial charge < -0.3 is 0 Å². The van der Waals surface area contributed by atoms with Crippen molar-refractivity contribution < 1.29 is 0 Å². The highest BCUT2D eigenvalue weighted by Crippen LogP contribution is 2.27. The molecule has 7 heteroatoms. The van der Waals surface area contributed by atoms with Crippen LogP contribution in [0.25, 0.3) is 5.69 Å². The van der Waals surface area contributed by atoms with E-state index in [1.807, 2.05) is 42.6 Å². The number of piperidine rings is 1. The van der Waals surface area contributed by atoms with Crippen molar-refractivity contribution in [3.8, 4) is 5.69 Å².